The van der Waals surface area contributed by atoms with Gasteiger partial charge in [-0.1, -0.05) is 6.07 Å². The minimum absolute atomic E-state index is 0.0305. The maximum Gasteiger partial charge on any atom is 0.407 e. The van der Waals surface area contributed by atoms with E-state index in [0.717, 1.165) is 17.8 Å². The van der Waals surface area contributed by atoms with Crippen molar-refractivity contribution in [1.29, 1.82) is 0 Å². The summed E-state index contributed by atoms with van der Waals surface area (Å²) in [7, 11) is 0. The van der Waals surface area contributed by atoms with Gasteiger partial charge >= 0.3 is 6.09 Å². The third kappa shape index (κ3) is 8.53. The van der Waals surface area contributed by atoms with Crippen LogP contribution in [0.1, 0.15) is 38.1 Å². The number of hydrogen-bond donors (Lipinski definition) is 2. The number of amides is 2. The second-order valence-electron chi connectivity index (χ2n) is 6.27. The van der Waals surface area contributed by atoms with Gasteiger partial charge in [-0.3, -0.25) is 9.59 Å². The number of rotatable bonds is 7. The molecule has 0 heterocycles. The number of Topliss-reactive ketones (excluding diaryl/α,β-unsaturated/α-hetero) is 1. The molecule has 0 saturated heterocycles. The van der Waals surface area contributed by atoms with Crippen molar-refractivity contribution < 1.29 is 23.5 Å². The van der Waals surface area contributed by atoms with Crippen LogP contribution in [0.4, 0.5) is 9.18 Å². The van der Waals surface area contributed by atoms with Crippen molar-refractivity contribution in [1.82, 2.24) is 10.6 Å². The molecule has 1 aromatic carbocycles. The van der Waals surface area contributed by atoms with E-state index in [1.165, 1.54) is 19.1 Å². The molecule has 0 saturated carbocycles. The van der Waals surface area contributed by atoms with Crippen molar-refractivity contribution in [2.75, 3.05) is 18.8 Å². The minimum Gasteiger partial charge on any atom is -0.444 e. The number of ketones is 1. The lowest BCUT2D eigenvalue weighted by Crippen LogP contribution is -2.38. The molecule has 1 aromatic rings. The summed E-state index contributed by atoms with van der Waals surface area (Å²) in [5, 5.41) is 5.13. The van der Waals surface area contributed by atoms with E-state index in [0.29, 0.717) is 10.5 Å². The Morgan fingerprint density at radius 1 is 1.16 bits per heavy atom. The molecular formula is C17H23FN2O4S. The molecular weight excluding hydrogens is 347 g/mol. The first-order valence-corrected chi connectivity index (χ1v) is 8.74. The van der Waals surface area contributed by atoms with Gasteiger partial charge in [0.05, 0.1) is 5.75 Å². The highest BCUT2D eigenvalue weighted by Crippen LogP contribution is 2.22. The number of hydrogen-bond acceptors (Lipinski definition) is 5. The lowest BCUT2D eigenvalue weighted by Gasteiger charge is -2.19. The first-order chi connectivity index (χ1) is 11.6. The fraction of sp³-hybridized carbons (Fsp3) is 0.471. The highest BCUT2D eigenvalue weighted by molar-refractivity contribution is 8.00. The van der Waals surface area contributed by atoms with E-state index >= 15 is 0 Å². The van der Waals surface area contributed by atoms with Crippen LogP contribution in [0.3, 0.4) is 0 Å². The maximum atomic E-state index is 13.8. The number of alkyl carbamates (subject to hydrolysis) is 1. The molecule has 0 aliphatic rings. The number of benzene rings is 1. The molecule has 1 rings (SSSR count). The molecule has 0 spiro atoms. The molecule has 2 N–H and O–H groups in total. The summed E-state index contributed by atoms with van der Waals surface area (Å²) in [6.07, 6.45) is -0.552. The van der Waals surface area contributed by atoms with Crippen molar-refractivity contribution in [3.8, 4) is 0 Å². The van der Waals surface area contributed by atoms with Crippen LogP contribution in [0, 0.1) is 5.82 Å². The smallest absolute Gasteiger partial charge is 0.407 e. The second kappa shape index (κ2) is 9.41. The van der Waals surface area contributed by atoms with E-state index in [1.54, 1.807) is 20.8 Å². The van der Waals surface area contributed by atoms with E-state index < -0.39 is 17.5 Å². The lowest BCUT2D eigenvalue weighted by molar-refractivity contribution is -0.118. The molecule has 25 heavy (non-hydrogen) atoms. The lowest BCUT2D eigenvalue weighted by atomic mass is 10.1. The fourth-order valence-electron chi connectivity index (χ4n) is 1.71. The summed E-state index contributed by atoms with van der Waals surface area (Å²) in [6, 6.07) is 4.16. The van der Waals surface area contributed by atoms with Gasteiger partial charge in [0, 0.05) is 23.5 Å². The number of halogens is 1. The Labute approximate surface area is 150 Å². The third-order valence-corrected chi connectivity index (χ3v) is 3.86. The predicted octanol–water partition coefficient (Wildman–Crippen LogP) is 2.76. The van der Waals surface area contributed by atoms with Crippen molar-refractivity contribution in [2.24, 2.45) is 0 Å². The Bertz CT molecular complexity index is 644. The molecule has 2 amide bonds. The van der Waals surface area contributed by atoms with Gasteiger partial charge < -0.3 is 15.4 Å². The Morgan fingerprint density at radius 3 is 2.36 bits per heavy atom. The number of thioether (sulfide) groups is 1. The summed E-state index contributed by atoms with van der Waals surface area (Å²) >= 11 is 1.04. The van der Waals surface area contributed by atoms with Gasteiger partial charge in [-0.15, -0.1) is 11.8 Å². The first-order valence-electron chi connectivity index (χ1n) is 7.75. The zero-order valence-corrected chi connectivity index (χ0v) is 15.6. The van der Waals surface area contributed by atoms with Crippen LogP contribution < -0.4 is 10.6 Å². The summed E-state index contributed by atoms with van der Waals surface area (Å²) in [5.74, 6) is -1.00. The zero-order chi connectivity index (χ0) is 19.0. The molecule has 0 bridgehead atoms. The quantitative estimate of drug-likeness (QED) is 0.438. The average Bonchev–Trinajstić information content (AvgIpc) is 2.48. The number of carbonyl (C=O) groups excluding carboxylic acids is 3. The molecule has 0 radical (unpaired) electrons. The first kappa shape index (κ1) is 21.0. The molecule has 0 aromatic heterocycles. The molecule has 8 heteroatoms. The van der Waals surface area contributed by atoms with Gasteiger partial charge in [0.25, 0.3) is 0 Å². The van der Waals surface area contributed by atoms with Gasteiger partial charge in [-0.25, -0.2) is 9.18 Å². The van der Waals surface area contributed by atoms with Crippen LogP contribution in [0.15, 0.2) is 23.1 Å². The summed E-state index contributed by atoms with van der Waals surface area (Å²) in [6.45, 7) is 7.10. The molecule has 0 aliphatic carbocycles. The van der Waals surface area contributed by atoms with E-state index in [-0.39, 0.29) is 30.5 Å². The zero-order valence-electron chi connectivity index (χ0n) is 14.8. The van der Waals surface area contributed by atoms with Gasteiger partial charge in [0.15, 0.2) is 5.78 Å². The monoisotopic (exact) mass is 370 g/mol. The maximum absolute atomic E-state index is 13.8. The average molecular weight is 370 g/mol. The second-order valence-corrected chi connectivity index (χ2v) is 7.29. The molecule has 6 nitrogen and oxygen atoms in total. The highest BCUT2D eigenvalue weighted by atomic mass is 32.2. The summed E-state index contributed by atoms with van der Waals surface area (Å²) in [4.78, 5) is 34.6. The van der Waals surface area contributed by atoms with Crippen molar-refractivity contribution >= 4 is 29.5 Å². The van der Waals surface area contributed by atoms with Crippen LogP contribution in [0.5, 0.6) is 0 Å². The molecule has 0 fully saturated rings. The fourth-order valence-corrected chi connectivity index (χ4v) is 2.46. The van der Waals surface area contributed by atoms with Gasteiger partial charge in [-0.05, 0) is 39.8 Å². The molecule has 0 unspecified atom stereocenters. The summed E-state index contributed by atoms with van der Waals surface area (Å²) < 4.78 is 18.9. The van der Waals surface area contributed by atoms with Crippen LogP contribution >= 0.6 is 11.8 Å². The summed E-state index contributed by atoms with van der Waals surface area (Å²) in [5.41, 5.74) is -0.286. The molecule has 138 valence electrons. The number of ether oxygens (including phenoxy) is 1. The number of carbonyl (C=O) groups is 3. The van der Waals surface area contributed by atoms with Gasteiger partial charge in [0.2, 0.25) is 5.91 Å². The normalized spacial score (nSPS) is 10.9. The van der Waals surface area contributed by atoms with Crippen LogP contribution in [-0.4, -0.2) is 42.2 Å². The van der Waals surface area contributed by atoms with E-state index in [9.17, 15) is 18.8 Å². The minimum atomic E-state index is -0.577. The standard InChI is InChI=1S/C17H23FN2O4S/c1-11(21)12-5-6-14(13(18)9-12)25-10-15(22)19-7-8-20-16(23)24-17(2,3)4/h5-6,9H,7-8,10H2,1-4H3,(H,19,22)(H,20,23). The third-order valence-electron chi connectivity index (χ3n) is 2.81. The Morgan fingerprint density at radius 2 is 1.80 bits per heavy atom. The molecule has 0 atom stereocenters. The highest BCUT2D eigenvalue weighted by Gasteiger charge is 2.15. The Kier molecular flexibility index (Phi) is 7.89. The molecule has 0 aliphatic heterocycles. The SMILES string of the molecule is CC(=O)c1ccc(SCC(=O)NCCNC(=O)OC(C)(C)C)c(F)c1. The largest absolute Gasteiger partial charge is 0.444 e. The number of nitrogens with one attached hydrogen (secondary N) is 2. The Balaban J connectivity index is 2.29. The van der Waals surface area contributed by atoms with Crippen LogP contribution in [-0.2, 0) is 9.53 Å². The van der Waals surface area contributed by atoms with Gasteiger partial charge in [-0.2, -0.15) is 0 Å². The van der Waals surface area contributed by atoms with Crippen molar-refractivity contribution in [3.05, 3.63) is 29.6 Å². The predicted molar refractivity (Wildman–Crippen MR) is 94.4 cm³/mol. The van der Waals surface area contributed by atoms with E-state index in [1.807, 2.05) is 0 Å². The van der Waals surface area contributed by atoms with Gasteiger partial charge in [0.1, 0.15) is 11.4 Å². The van der Waals surface area contributed by atoms with Crippen LogP contribution in [0.25, 0.3) is 0 Å². The topological polar surface area (TPSA) is 84.5 Å². The van der Waals surface area contributed by atoms with Crippen molar-refractivity contribution in [3.63, 3.8) is 0 Å². The van der Waals surface area contributed by atoms with E-state index in [4.69, 9.17) is 4.74 Å². The van der Waals surface area contributed by atoms with Crippen molar-refractivity contribution in [2.45, 2.75) is 38.2 Å². The van der Waals surface area contributed by atoms with Crippen LogP contribution in [0.2, 0.25) is 0 Å². The Hall–Kier alpha value is -2.09. The van der Waals surface area contributed by atoms with E-state index in [2.05, 4.69) is 10.6 Å².